The summed E-state index contributed by atoms with van der Waals surface area (Å²) in [7, 11) is 1.57. The molecule has 0 saturated carbocycles. The van der Waals surface area contributed by atoms with Crippen molar-refractivity contribution in [3.63, 3.8) is 0 Å². The zero-order valence-electron chi connectivity index (χ0n) is 16.3. The molecule has 0 bridgehead atoms. The summed E-state index contributed by atoms with van der Waals surface area (Å²) in [6.07, 6.45) is 1.77. The minimum Gasteiger partial charge on any atom is -0.348 e. The van der Waals surface area contributed by atoms with Crippen LogP contribution in [0, 0.1) is 0 Å². The molecule has 1 N–H and O–H groups in total. The molecule has 2 amide bonds. The topological polar surface area (TPSA) is 90.0 Å². The predicted molar refractivity (Wildman–Crippen MR) is 104 cm³/mol. The first-order valence-electron chi connectivity index (χ1n) is 8.94. The Morgan fingerprint density at radius 1 is 1.11 bits per heavy atom. The van der Waals surface area contributed by atoms with Gasteiger partial charge in [0.05, 0.1) is 17.5 Å². The average molecular weight is 397 g/mol. The van der Waals surface area contributed by atoms with Gasteiger partial charge in [0.2, 0.25) is 21.8 Å². The smallest absolute Gasteiger partial charge is 0.243 e. The van der Waals surface area contributed by atoms with Gasteiger partial charge in [-0.05, 0) is 51.1 Å². The molecule has 1 aliphatic rings. The molecule has 0 radical (unpaired) electrons. The molecular formula is C18H28N4O4S. The Morgan fingerprint density at radius 3 is 2.19 bits per heavy atom. The van der Waals surface area contributed by atoms with Gasteiger partial charge in [-0.2, -0.15) is 4.31 Å². The molecule has 2 rings (SSSR count). The van der Waals surface area contributed by atoms with Crippen LogP contribution in [0.15, 0.2) is 29.2 Å². The maximum atomic E-state index is 12.5. The van der Waals surface area contributed by atoms with Crippen LogP contribution >= 0.6 is 0 Å². The van der Waals surface area contributed by atoms with Crippen molar-refractivity contribution in [1.82, 2.24) is 14.1 Å². The predicted octanol–water partition coefficient (Wildman–Crippen LogP) is 0.818. The molecule has 1 saturated heterocycles. The van der Waals surface area contributed by atoms with Crippen molar-refractivity contribution >= 4 is 27.5 Å². The van der Waals surface area contributed by atoms with Gasteiger partial charge in [0.15, 0.2) is 0 Å². The third kappa shape index (κ3) is 5.27. The first-order valence-corrected chi connectivity index (χ1v) is 10.4. The summed E-state index contributed by atoms with van der Waals surface area (Å²) in [5, 5.41) is 2.76. The van der Waals surface area contributed by atoms with E-state index in [1.54, 1.807) is 45.1 Å². The summed E-state index contributed by atoms with van der Waals surface area (Å²) in [6.45, 7) is 2.95. The lowest BCUT2D eigenvalue weighted by Gasteiger charge is -2.24. The molecule has 150 valence electrons. The summed E-state index contributed by atoms with van der Waals surface area (Å²) in [5.41, 5.74) is 0.513. The van der Waals surface area contributed by atoms with Crippen molar-refractivity contribution in [2.24, 2.45) is 0 Å². The van der Waals surface area contributed by atoms with Crippen molar-refractivity contribution in [1.29, 1.82) is 0 Å². The fourth-order valence-electron chi connectivity index (χ4n) is 2.73. The number of rotatable bonds is 7. The molecule has 8 nitrogen and oxygen atoms in total. The summed E-state index contributed by atoms with van der Waals surface area (Å²) in [4.78, 5) is 27.5. The Balaban J connectivity index is 1.99. The van der Waals surface area contributed by atoms with Gasteiger partial charge in [0.1, 0.15) is 0 Å². The monoisotopic (exact) mass is 396 g/mol. The first kappa shape index (κ1) is 21.3. The summed E-state index contributed by atoms with van der Waals surface area (Å²) in [5.74, 6) is -0.354. The van der Waals surface area contributed by atoms with Gasteiger partial charge in [0, 0.05) is 32.9 Å². The number of nitrogens with zero attached hydrogens (tertiary/aromatic N) is 3. The second-order valence-electron chi connectivity index (χ2n) is 7.00. The van der Waals surface area contributed by atoms with Crippen LogP contribution in [0.1, 0.15) is 19.8 Å². The first-order chi connectivity index (χ1) is 12.6. The standard InChI is InChI=1S/C18H28N4O4S/c1-14(21(4)13-17(23)20(2)3)18(24)19-15-7-9-16(10-8-15)27(25,26)22-11-5-6-12-22/h7-10,14H,5-6,11-13H2,1-4H3,(H,19,24)/t14-/m1/s1. The van der Waals surface area contributed by atoms with Gasteiger partial charge in [-0.25, -0.2) is 8.42 Å². The van der Waals surface area contributed by atoms with Crippen molar-refractivity contribution < 1.29 is 18.0 Å². The van der Waals surface area contributed by atoms with Crippen LogP contribution < -0.4 is 5.32 Å². The highest BCUT2D eigenvalue weighted by molar-refractivity contribution is 7.89. The van der Waals surface area contributed by atoms with Gasteiger partial charge in [0.25, 0.3) is 0 Å². The lowest BCUT2D eigenvalue weighted by Crippen LogP contribution is -2.44. The highest BCUT2D eigenvalue weighted by atomic mass is 32.2. The van der Waals surface area contributed by atoms with E-state index in [0.717, 1.165) is 12.8 Å². The number of carbonyl (C=O) groups is 2. The molecule has 1 atom stereocenters. The highest BCUT2D eigenvalue weighted by Crippen LogP contribution is 2.22. The van der Waals surface area contributed by atoms with E-state index in [1.165, 1.54) is 21.3 Å². The number of hydrogen-bond acceptors (Lipinski definition) is 5. The molecule has 1 aromatic carbocycles. The third-order valence-corrected chi connectivity index (χ3v) is 6.66. The number of amides is 2. The second kappa shape index (κ2) is 8.81. The minimum atomic E-state index is -3.47. The molecule has 1 aromatic rings. The van der Waals surface area contributed by atoms with Crippen LogP contribution in [0.5, 0.6) is 0 Å². The van der Waals surface area contributed by atoms with E-state index in [2.05, 4.69) is 5.32 Å². The zero-order chi connectivity index (χ0) is 20.2. The molecule has 0 aliphatic carbocycles. The number of sulfonamides is 1. The second-order valence-corrected chi connectivity index (χ2v) is 8.94. The van der Waals surface area contributed by atoms with Crippen molar-refractivity contribution in [3.8, 4) is 0 Å². The lowest BCUT2D eigenvalue weighted by atomic mass is 10.2. The van der Waals surface area contributed by atoms with Crippen molar-refractivity contribution in [3.05, 3.63) is 24.3 Å². The fraction of sp³-hybridized carbons (Fsp3) is 0.556. The number of hydrogen-bond donors (Lipinski definition) is 1. The van der Waals surface area contributed by atoms with E-state index < -0.39 is 16.1 Å². The van der Waals surface area contributed by atoms with Gasteiger partial charge >= 0.3 is 0 Å². The summed E-state index contributed by atoms with van der Waals surface area (Å²) >= 11 is 0. The Labute approximate surface area is 161 Å². The van der Waals surface area contributed by atoms with Crippen LogP contribution in [0.4, 0.5) is 5.69 Å². The number of nitrogens with one attached hydrogen (secondary N) is 1. The molecule has 0 spiro atoms. The lowest BCUT2D eigenvalue weighted by molar-refractivity contribution is -0.131. The van der Waals surface area contributed by atoms with Crippen molar-refractivity contribution in [2.75, 3.05) is 46.1 Å². The van der Waals surface area contributed by atoms with Gasteiger partial charge in [-0.15, -0.1) is 0 Å². The van der Waals surface area contributed by atoms with E-state index >= 15 is 0 Å². The molecule has 1 heterocycles. The molecule has 1 fully saturated rings. The molecule has 0 aromatic heterocycles. The van der Waals surface area contributed by atoms with Crippen molar-refractivity contribution in [2.45, 2.75) is 30.7 Å². The summed E-state index contributed by atoms with van der Waals surface area (Å²) < 4.78 is 26.5. The average Bonchev–Trinajstić information content (AvgIpc) is 3.16. The van der Waals surface area contributed by atoms with Gasteiger partial charge < -0.3 is 10.2 Å². The quantitative estimate of drug-likeness (QED) is 0.737. The van der Waals surface area contributed by atoms with Gasteiger partial charge in [-0.3, -0.25) is 14.5 Å². The van der Waals surface area contributed by atoms with E-state index in [0.29, 0.717) is 18.8 Å². The van der Waals surface area contributed by atoms with E-state index in [9.17, 15) is 18.0 Å². The molecule has 9 heteroatoms. The Kier molecular flexibility index (Phi) is 6.96. The normalized spacial score (nSPS) is 16.3. The van der Waals surface area contributed by atoms with E-state index in [4.69, 9.17) is 0 Å². The van der Waals surface area contributed by atoms with E-state index in [-0.39, 0.29) is 23.3 Å². The molecule has 27 heavy (non-hydrogen) atoms. The van der Waals surface area contributed by atoms with Crippen LogP contribution in [0.2, 0.25) is 0 Å². The number of likely N-dealkylation sites (N-methyl/N-ethyl adjacent to an activating group) is 2. The van der Waals surface area contributed by atoms with Crippen LogP contribution in [0.3, 0.4) is 0 Å². The van der Waals surface area contributed by atoms with Crippen LogP contribution in [0.25, 0.3) is 0 Å². The summed E-state index contributed by atoms with van der Waals surface area (Å²) in [6, 6.07) is 5.67. The Bertz CT molecular complexity index is 771. The third-order valence-electron chi connectivity index (χ3n) is 4.75. The Morgan fingerprint density at radius 2 is 1.67 bits per heavy atom. The highest BCUT2D eigenvalue weighted by Gasteiger charge is 2.27. The SMILES string of the molecule is C[C@H](C(=O)Nc1ccc(S(=O)(=O)N2CCCC2)cc1)N(C)CC(=O)N(C)C. The minimum absolute atomic E-state index is 0.0892. The fourth-order valence-corrected chi connectivity index (χ4v) is 4.24. The number of benzene rings is 1. The number of carbonyl (C=O) groups excluding carboxylic acids is 2. The van der Waals surface area contributed by atoms with Crippen LogP contribution in [-0.2, 0) is 19.6 Å². The van der Waals surface area contributed by atoms with E-state index in [1.807, 2.05) is 0 Å². The van der Waals surface area contributed by atoms with Crippen LogP contribution in [-0.4, -0.2) is 81.2 Å². The van der Waals surface area contributed by atoms with Gasteiger partial charge in [-0.1, -0.05) is 0 Å². The molecule has 1 aliphatic heterocycles. The Hall–Kier alpha value is -1.97. The maximum absolute atomic E-state index is 12.5. The maximum Gasteiger partial charge on any atom is 0.243 e. The zero-order valence-corrected chi connectivity index (χ0v) is 17.1. The number of anilines is 1. The molecular weight excluding hydrogens is 368 g/mol. The molecule has 0 unspecified atom stereocenters. The largest absolute Gasteiger partial charge is 0.348 e.